The number of hydrogen-bond acceptors (Lipinski definition) is 2. The van der Waals surface area contributed by atoms with Gasteiger partial charge in [-0.3, -0.25) is 0 Å². The number of para-hydroxylation sites is 2. The summed E-state index contributed by atoms with van der Waals surface area (Å²) in [4.78, 5) is 4.67. The maximum atomic E-state index is 2.50. The molecule has 0 unspecified atom stereocenters. The highest BCUT2D eigenvalue weighted by molar-refractivity contribution is 6.22. The topological polar surface area (TPSA) is 6.48 Å². The predicted molar refractivity (Wildman–Crippen MR) is 255 cm³/mol. The second kappa shape index (κ2) is 12.3. The van der Waals surface area contributed by atoms with Crippen molar-refractivity contribution < 1.29 is 0 Å². The Bertz CT molecular complexity index is 3310. The van der Waals surface area contributed by atoms with Crippen LogP contribution in [0.3, 0.4) is 0 Å². The number of nitrogens with zero attached hydrogens (tertiary/aromatic N) is 2. The monoisotopic (exact) mass is 770 g/mol. The Labute approximate surface area is 353 Å². The van der Waals surface area contributed by atoms with E-state index < -0.39 is 0 Å². The molecule has 0 spiro atoms. The van der Waals surface area contributed by atoms with Crippen LogP contribution in [0.15, 0.2) is 170 Å². The van der Waals surface area contributed by atoms with Gasteiger partial charge in [-0.2, -0.15) is 0 Å². The van der Waals surface area contributed by atoms with Crippen LogP contribution in [0.25, 0.3) is 77.2 Å². The second-order valence-electron chi connectivity index (χ2n) is 18.2. The number of fused-ring (bicyclic) bond motifs is 10. The van der Waals surface area contributed by atoms with Gasteiger partial charge in [-0.1, -0.05) is 155 Å². The first kappa shape index (κ1) is 35.1. The lowest BCUT2D eigenvalue weighted by Crippen LogP contribution is -2.24. The Kier molecular flexibility index (Phi) is 7.20. The zero-order valence-corrected chi connectivity index (χ0v) is 35.1. The van der Waals surface area contributed by atoms with Crippen LogP contribution >= 0.6 is 0 Å². The SMILES string of the molecule is CN1c2ccccc2N(C)c2cc(-c3c4ccccc4c(-c4ccc5c(c4)C(C)(C)c4ccccc4-5)c4cc(-c5ccc6c(c5)C(C)(C)c5ccccc5-6)ccc34)ccc21. The van der Waals surface area contributed by atoms with Crippen LogP contribution in [-0.2, 0) is 10.8 Å². The van der Waals surface area contributed by atoms with E-state index >= 15 is 0 Å². The van der Waals surface area contributed by atoms with E-state index in [9.17, 15) is 0 Å². The van der Waals surface area contributed by atoms with Crippen LogP contribution < -0.4 is 9.80 Å². The smallest absolute Gasteiger partial charge is 0.0656 e. The summed E-state index contributed by atoms with van der Waals surface area (Å²) in [6.45, 7) is 9.52. The third-order valence-corrected chi connectivity index (χ3v) is 14.4. The molecular weight excluding hydrogens is 725 g/mol. The van der Waals surface area contributed by atoms with E-state index in [1.54, 1.807) is 0 Å². The van der Waals surface area contributed by atoms with Gasteiger partial charge in [0, 0.05) is 24.9 Å². The highest BCUT2D eigenvalue weighted by Crippen LogP contribution is 2.54. The van der Waals surface area contributed by atoms with Crippen molar-refractivity contribution in [3.05, 3.63) is 192 Å². The van der Waals surface area contributed by atoms with E-state index in [0.717, 1.165) is 0 Å². The lowest BCUT2D eigenvalue weighted by Gasteiger charge is -2.36. The van der Waals surface area contributed by atoms with Gasteiger partial charge < -0.3 is 9.80 Å². The molecule has 0 fully saturated rings. The molecule has 60 heavy (non-hydrogen) atoms. The molecule has 2 aliphatic carbocycles. The number of rotatable bonds is 3. The molecule has 1 aliphatic heterocycles. The number of hydrogen-bond donors (Lipinski definition) is 0. The summed E-state index contributed by atoms with van der Waals surface area (Å²) in [6.07, 6.45) is 0. The van der Waals surface area contributed by atoms with Gasteiger partial charge >= 0.3 is 0 Å². The van der Waals surface area contributed by atoms with Gasteiger partial charge in [-0.15, -0.1) is 0 Å². The number of benzene rings is 9. The minimum absolute atomic E-state index is 0.0731. The summed E-state index contributed by atoms with van der Waals surface area (Å²) in [5.41, 5.74) is 23.2. The Morgan fingerprint density at radius 1 is 0.300 bits per heavy atom. The summed E-state index contributed by atoms with van der Waals surface area (Å²) < 4.78 is 0. The first-order valence-electron chi connectivity index (χ1n) is 21.3. The van der Waals surface area contributed by atoms with Crippen LogP contribution in [-0.4, -0.2) is 14.1 Å². The summed E-state index contributed by atoms with van der Waals surface area (Å²) in [5.74, 6) is 0. The summed E-state index contributed by atoms with van der Waals surface area (Å²) in [6, 6.07) is 64.4. The molecule has 12 rings (SSSR count). The molecule has 2 nitrogen and oxygen atoms in total. The van der Waals surface area contributed by atoms with E-state index in [0.29, 0.717) is 0 Å². The normalized spacial score (nSPS) is 15.0. The summed E-state index contributed by atoms with van der Waals surface area (Å²) >= 11 is 0. The van der Waals surface area contributed by atoms with E-state index in [1.807, 2.05) is 0 Å². The average Bonchev–Trinajstić information content (AvgIpc) is 3.65. The predicted octanol–water partition coefficient (Wildman–Crippen LogP) is 15.5. The third kappa shape index (κ3) is 4.71. The fourth-order valence-electron chi connectivity index (χ4n) is 11.2. The maximum absolute atomic E-state index is 2.50. The van der Waals surface area contributed by atoms with Crippen LogP contribution in [0.4, 0.5) is 22.7 Å². The third-order valence-electron chi connectivity index (χ3n) is 14.4. The highest BCUT2D eigenvalue weighted by Gasteiger charge is 2.37. The first-order chi connectivity index (χ1) is 29.1. The largest absolute Gasteiger partial charge is 0.341 e. The quantitative estimate of drug-likeness (QED) is 0.165. The first-order valence-corrected chi connectivity index (χ1v) is 21.3. The van der Waals surface area contributed by atoms with Crippen molar-refractivity contribution in [2.24, 2.45) is 0 Å². The molecule has 0 saturated carbocycles. The Balaban J connectivity index is 1.12. The molecule has 0 N–H and O–H groups in total. The zero-order valence-electron chi connectivity index (χ0n) is 35.1. The Hall–Kier alpha value is -6.90. The highest BCUT2D eigenvalue weighted by atomic mass is 15.2. The van der Waals surface area contributed by atoms with Crippen LogP contribution in [0.5, 0.6) is 0 Å². The number of anilines is 4. The second-order valence-corrected chi connectivity index (χ2v) is 18.2. The van der Waals surface area contributed by atoms with Crippen LogP contribution in [0.2, 0.25) is 0 Å². The molecular formula is C58H46N2. The van der Waals surface area contributed by atoms with Gasteiger partial charge in [0.15, 0.2) is 0 Å². The molecule has 0 amide bonds. The van der Waals surface area contributed by atoms with Crippen molar-refractivity contribution in [2.75, 3.05) is 23.9 Å². The van der Waals surface area contributed by atoms with E-state index in [1.165, 1.54) is 122 Å². The van der Waals surface area contributed by atoms with Crippen molar-refractivity contribution >= 4 is 44.3 Å². The molecule has 0 bridgehead atoms. The van der Waals surface area contributed by atoms with Crippen molar-refractivity contribution in [3.63, 3.8) is 0 Å². The van der Waals surface area contributed by atoms with E-state index in [2.05, 4.69) is 221 Å². The van der Waals surface area contributed by atoms with Gasteiger partial charge in [0.05, 0.1) is 22.7 Å². The fraction of sp³-hybridized carbons (Fsp3) is 0.138. The lowest BCUT2D eigenvalue weighted by molar-refractivity contribution is 0.660. The molecule has 0 radical (unpaired) electrons. The Morgan fingerprint density at radius 2 is 0.700 bits per heavy atom. The van der Waals surface area contributed by atoms with Crippen molar-refractivity contribution in [1.29, 1.82) is 0 Å². The molecule has 288 valence electrons. The standard InChI is InChI=1S/C58H46N2/c1-57(2)47-19-11-9-15-39(47)41-27-23-36(32-49(41)57)35-24-29-45-46(31-35)56(37-25-28-42-40-16-10-12-20-48(40)58(3,4)50(42)33-37)44-18-8-7-17-43(44)55(45)38-26-30-53-54(34-38)60(6)52-22-14-13-21-51(52)59(53)5/h7-34H,1-6H3. The molecule has 9 aromatic carbocycles. The van der Waals surface area contributed by atoms with Gasteiger partial charge in [-0.05, 0) is 142 Å². The maximum Gasteiger partial charge on any atom is 0.0656 e. The summed E-state index contributed by atoms with van der Waals surface area (Å²) in [5, 5.41) is 5.06. The molecule has 0 aromatic heterocycles. The minimum atomic E-state index is -0.103. The molecule has 0 atom stereocenters. The lowest BCUT2D eigenvalue weighted by atomic mass is 9.80. The van der Waals surface area contributed by atoms with Crippen molar-refractivity contribution in [2.45, 2.75) is 38.5 Å². The van der Waals surface area contributed by atoms with E-state index in [4.69, 9.17) is 0 Å². The molecule has 9 aromatic rings. The van der Waals surface area contributed by atoms with Gasteiger partial charge in [0.25, 0.3) is 0 Å². The molecule has 1 heterocycles. The molecule has 3 aliphatic rings. The van der Waals surface area contributed by atoms with E-state index in [-0.39, 0.29) is 10.8 Å². The minimum Gasteiger partial charge on any atom is -0.341 e. The van der Waals surface area contributed by atoms with Gasteiger partial charge in [0.1, 0.15) is 0 Å². The van der Waals surface area contributed by atoms with Gasteiger partial charge in [-0.25, -0.2) is 0 Å². The fourth-order valence-corrected chi connectivity index (χ4v) is 11.2. The van der Waals surface area contributed by atoms with Crippen LogP contribution in [0.1, 0.15) is 49.9 Å². The molecule has 0 saturated heterocycles. The van der Waals surface area contributed by atoms with Gasteiger partial charge in [0.2, 0.25) is 0 Å². The average molecular weight is 771 g/mol. The summed E-state index contributed by atoms with van der Waals surface area (Å²) in [7, 11) is 4.38. The van der Waals surface area contributed by atoms with Crippen molar-refractivity contribution in [1.82, 2.24) is 0 Å². The molecule has 2 heteroatoms. The van der Waals surface area contributed by atoms with Crippen LogP contribution in [0, 0.1) is 0 Å². The van der Waals surface area contributed by atoms with Crippen molar-refractivity contribution in [3.8, 4) is 55.6 Å². The zero-order chi connectivity index (χ0) is 40.7. The Morgan fingerprint density at radius 3 is 1.33 bits per heavy atom.